The number of hydrogen-bond donors (Lipinski definition) is 1. The molecule has 0 unspecified atom stereocenters. The van der Waals surface area contributed by atoms with E-state index in [2.05, 4.69) is 5.16 Å². The molecular formula is C11H13N3O2. The molecule has 0 amide bonds. The summed E-state index contributed by atoms with van der Waals surface area (Å²) in [5.41, 5.74) is 7.13. The molecule has 2 rings (SSSR count). The number of nitrogens with two attached hydrogens (primary N) is 1. The molecule has 0 aliphatic heterocycles. The van der Waals surface area contributed by atoms with Crippen molar-refractivity contribution < 1.29 is 4.52 Å². The van der Waals surface area contributed by atoms with Crippen LogP contribution in [0.2, 0.25) is 0 Å². The van der Waals surface area contributed by atoms with Crippen LogP contribution in [-0.4, -0.2) is 9.72 Å². The van der Waals surface area contributed by atoms with Gasteiger partial charge in [-0.3, -0.25) is 4.79 Å². The number of nitrogens with zero attached hydrogens (tertiary/aromatic N) is 2. The minimum atomic E-state index is -0.0884. The summed E-state index contributed by atoms with van der Waals surface area (Å²) in [7, 11) is 1.70. The average molecular weight is 219 g/mol. The molecule has 0 spiro atoms. The highest BCUT2D eigenvalue weighted by atomic mass is 16.5. The van der Waals surface area contributed by atoms with Crippen LogP contribution in [0.25, 0.3) is 11.3 Å². The van der Waals surface area contributed by atoms with Crippen molar-refractivity contribution in [2.24, 2.45) is 7.05 Å². The summed E-state index contributed by atoms with van der Waals surface area (Å²) < 4.78 is 6.64. The van der Waals surface area contributed by atoms with Crippen molar-refractivity contribution in [3.05, 3.63) is 34.2 Å². The Kier molecular flexibility index (Phi) is 2.52. The predicted molar refractivity (Wildman–Crippen MR) is 61.0 cm³/mol. The van der Waals surface area contributed by atoms with Crippen LogP contribution in [0.4, 0.5) is 5.82 Å². The molecule has 2 heterocycles. The molecule has 0 saturated carbocycles. The number of hydrogen-bond acceptors (Lipinski definition) is 4. The topological polar surface area (TPSA) is 74.0 Å². The lowest BCUT2D eigenvalue weighted by atomic mass is 10.1. The van der Waals surface area contributed by atoms with Gasteiger partial charge in [0.15, 0.2) is 11.6 Å². The first kappa shape index (κ1) is 10.5. The zero-order valence-corrected chi connectivity index (χ0v) is 9.23. The van der Waals surface area contributed by atoms with E-state index in [1.807, 2.05) is 6.92 Å². The van der Waals surface area contributed by atoms with Gasteiger partial charge in [0.2, 0.25) is 0 Å². The van der Waals surface area contributed by atoms with Crippen molar-refractivity contribution in [3.8, 4) is 11.3 Å². The zero-order valence-electron chi connectivity index (χ0n) is 9.23. The maximum absolute atomic E-state index is 11.5. The molecule has 2 N–H and O–H groups in total. The summed E-state index contributed by atoms with van der Waals surface area (Å²) in [6.45, 7) is 1.97. The first-order chi connectivity index (χ1) is 7.63. The number of pyridine rings is 1. The van der Waals surface area contributed by atoms with E-state index in [4.69, 9.17) is 10.3 Å². The van der Waals surface area contributed by atoms with E-state index in [9.17, 15) is 4.79 Å². The monoisotopic (exact) mass is 219 g/mol. The number of aromatic nitrogens is 2. The van der Waals surface area contributed by atoms with Gasteiger partial charge >= 0.3 is 0 Å². The van der Waals surface area contributed by atoms with Gasteiger partial charge in [-0.1, -0.05) is 12.1 Å². The average Bonchev–Trinajstić information content (AvgIpc) is 2.63. The quantitative estimate of drug-likeness (QED) is 0.823. The Labute approximate surface area is 92.5 Å². The Morgan fingerprint density at radius 3 is 2.94 bits per heavy atom. The van der Waals surface area contributed by atoms with Crippen LogP contribution in [0.5, 0.6) is 0 Å². The van der Waals surface area contributed by atoms with Crippen molar-refractivity contribution in [2.45, 2.75) is 13.3 Å². The van der Waals surface area contributed by atoms with Gasteiger partial charge in [-0.25, -0.2) is 0 Å². The van der Waals surface area contributed by atoms with E-state index in [-0.39, 0.29) is 5.56 Å². The Morgan fingerprint density at radius 2 is 2.31 bits per heavy atom. The highest BCUT2D eigenvalue weighted by Crippen LogP contribution is 2.26. The highest BCUT2D eigenvalue weighted by Gasteiger charge is 2.14. The molecule has 2 aromatic rings. The van der Waals surface area contributed by atoms with E-state index < -0.39 is 0 Å². The van der Waals surface area contributed by atoms with E-state index in [1.54, 1.807) is 19.3 Å². The molecule has 0 aromatic carbocycles. The summed E-state index contributed by atoms with van der Waals surface area (Å²) in [6, 6.07) is 3.32. The summed E-state index contributed by atoms with van der Waals surface area (Å²) in [5.74, 6) is 0.968. The summed E-state index contributed by atoms with van der Waals surface area (Å²) in [5, 5.41) is 3.71. The second kappa shape index (κ2) is 3.84. The molecule has 0 aliphatic rings. The molecular weight excluding hydrogens is 206 g/mol. The second-order valence-electron chi connectivity index (χ2n) is 3.59. The first-order valence-electron chi connectivity index (χ1n) is 5.04. The van der Waals surface area contributed by atoms with Crippen LogP contribution in [-0.2, 0) is 13.5 Å². The van der Waals surface area contributed by atoms with E-state index in [0.29, 0.717) is 17.1 Å². The van der Waals surface area contributed by atoms with E-state index >= 15 is 0 Å². The molecule has 16 heavy (non-hydrogen) atoms. The van der Waals surface area contributed by atoms with Gasteiger partial charge in [-0.15, -0.1) is 0 Å². The summed E-state index contributed by atoms with van der Waals surface area (Å²) in [6.07, 6.45) is 2.41. The largest absolute Gasteiger partial charge is 0.381 e. The van der Waals surface area contributed by atoms with Crippen molar-refractivity contribution in [1.82, 2.24) is 9.72 Å². The molecule has 2 aromatic heterocycles. The predicted octanol–water partition coefficient (Wildman–Crippen LogP) is 1.18. The molecule has 0 saturated heterocycles. The van der Waals surface area contributed by atoms with Gasteiger partial charge in [-0.2, -0.15) is 0 Å². The fourth-order valence-electron chi connectivity index (χ4n) is 1.58. The molecule has 0 radical (unpaired) electrons. The number of rotatable bonds is 2. The third-order valence-corrected chi connectivity index (χ3v) is 2.54. The Morgan fingerprint density at radius 1 is 1.56 bits per heavy atom. The van der Waals surface area contributed by atoms with Crippen LogP contribution >= 0.6 is 0 Å². The Bertz CT molecular complexity index is 569. The molecule has 0 atom stereocenters. The molecule has 0 bridgehead atoms. The molecule has 5 heteroatoms. The second-order valence-corrected chi connectivity index (χ2v) is 3.59. The van der Waals surface area contributed by atoms with E-state index in [1.165, 1.54) is 10.6 Å². The lowest BCUT2D eigenvalue weighted by Crippen LogP contribution is -2.14. The minimum Gasteiger partial charge on any atom is -0.381 e. The van der Waals surface area contributed by atoms with Crippen LogP contribution < -0.4 is 11.3 Å². The smallest absolute Gasteiger partial charge is 0.250 e. The normalized spacial score (nSPS) is 10.6. The van der Waals surface area contributed by atoms with Gasteiger partial charge in [0.25, 0.3) is 5.56 Å². The number of aryl methyl sites for hydroxylation is 1. The van der Waals surface area contributed by atoms with E-state index in [0.717, 1.165) is 12.0 Å². The number of nitrogen functional groups attached to an aromatic ring is 1. The molecule has 84 valence electrons. The number of anilines is 1. The third-order valence-electron chi connectivity index (χ3n) is 2.54. The van der Waals surface area contributed by atoms with Gasteiger partial charge < -0.3 is 14.8 Å². The van der Waals surface area contributed by atoms with Gasteiger partial charge in [0, 0.05) is 30.4 Å². The summed E-state index contributed by atoms with van der Waals surface area (Å²) >= 11 is 0. The fraction of sp³-hybridized carbons (Fsp3) is 0.273. The first-order valence-corrected chi connectivity index (χ1v) is 5.04. The maximum Gasteiger partial charge on any atom is 0.250 e. The lowest BCUT2D eigenvalue weighted by molar-refractivity contribution is 0.435. The SMILES string of the molecule is CCc1c(N)noc1-c1ccn(C)c(=O)c1. The molecule has 0 fully saturated rings. The van der Waals surface area contributed by atoms with Crippen LogP contribution in [0.1, 0.15) is 12.5 Å². The van der Waals surface area contributed by atoms with Crippen molar-refractivity contribution in [2.75, 3.05) is 5.73 Å². The maximum atomic E-state index is 11.5. The highest BCUT2D eigenvalue weighted by molar-refractivity contribution is 5.65. The van der Waals surface area contributed by atoms with Crippen LogP contribution in [0.3, 0.4) is 0 Å². The fourth-order valence-corrected chi connectivity index (χ4v) is 1.58. The van der Waals surface area contributed by atoms with Crippen LogP contribution in [0, 0.1) is 0 Å². The minimum absolute atomic E-state index is 0.0884. The van der Waals surface area contributed by atoms with Gasteiger partial charge in [0.05, 0.1) is 0 Å². The standard InChI is InChI=1S/C11H13N3O2/c1-3-8-10(16-13-11(8)12)7-4-5-14(2)9(15)6-7/h4-6H,3H2,1-2H3,(H2,12,13). The van der Waals surface area contributed by atoms with Crippen molar-refractivity contribution >= 4 is 5.82 Å². The van der Waals surface area contributed by atoms with Crippen molar-refractivity contribution in [1.29, 1.82) is 0 Å². The lowest BCUT2D eigenvalue weighted by Gasteiger charge is -2.00. The molecule has 0 aliphatic carbocycles. The third kappa shape index (κ3) is 1.60. The van der Waals surface area contributed by atoms with Gasteiger partial charge in [-0.05, 0) is 12.5 Å². The van der Waals surface area contributed by atoms with Gasteiger partial charge in [0.1, 0.15) is 0 Å². The van der Waals surface area contributed by atoms with Crippen molar-refractivity contribution in [3.63, 3.8) is 0 Å². The molecule has 5 nitrogen and oxygen atoms in total. The Hall–Kier alpha value is -2.04. The zero-order chi connectivity index (χ0) is 11.7. The van der Waals surface area contributed by atoms with Crippen LogP contribution in [0.15, 0.2) is 27.6 Å². The summed E-state index contributed by atoms with van der Waals surface area (Å²) in [4.78, 5) is 11.5. The Balaban J connectivity index is 2.58.